The molecular formula is C18H29NO. The van der Waals surface area contributed by atoms with E-state index in [1.807, 2.05) is 0 Å². The molecule has 1 fully saturated rings. The number of hydrogen-bond acceptors (Lipinski definition) is 2. The maximum Gasteiger partial charge on any atom is 0.0575 e. The summed E-state index contributed by atoms with van der Waals surface area (Å²) in [5.41, 5.74) is 2.80. The molecule has 2 rings (SSSR count). The van der Waals surface area contributed by atoms with E-state index in [-0.39, 0.29) is 0 Å². The van der Waals surface area contributed by atoms with Crippen LogP contribution in [0.1, 0.15) is 50.2 Å². The van der Waals surface area contributed by atoms with Crippen molar-refractivity contribution >= 4 is 0 Å². The van der Waals surface area contributed by atoms with Gasteiger partial charge >= 0.3 is 0 Å². The van der Waals surface area contributed by atoms with Crippen LogP contribution in [0, 0.1) is 6.92 Å². The normalized spacial score (nSPS) is 20.8. The minimum Gasteiger partial charge on any atom is -0.378 e. The number of hydrogen-bond donors (Lipinski definition) is 1. The molecule has 0 spiro atoms. The smallest absolute Gasteiger partial charge is 0.0575 e. The number of aryl methyl sites for hydroxylation is 1. The van der Waals surface area contributed by atoms with E-state index in [1.165, 1.54) is 43.2 Å². The van der Waals surface area contributed by atoms with Crippen molar-refractivity contribution in [3.8, 4) is 0 Å². The Morgan fingerprint density at radius 1 is 1.35 bits per heavy atom. The van der Waals surface area contributed by atoms with E-state index in [4.69, 9.17) is 4.74 Å². The first-order valence-electron chi connectivity index (χ1n) is 8.18. The standard InChI is InChI=1S/C18H29NO/c1-3-19-17(10-11-18-9-4-5-12-20-18)14-16-8-6-7-15(2)13-16/h6-8,13,17-19H,3-5,9-12,14H2,1-2H3. The molecular weight excluding hydrogens is 246 g/mol. The Bertz CT molecular complexity index is 385. The lowest BCUT2D eigenvalue weighted by molar-refractivity contribution is 0.00860. The van der Waals surface area contributed by atoms with Crippen molar-refractivity contribution in [1.29, 1.82) is 0 Å². The highest BCUT2D eigenvalue weighted by Crippen LogP contribution is 2.19. The van der Waals surface area contributed by atoms with Gasteiger partial charge in [0, 0.05) is 12.6 Å². The molecule has 2 atom stereocenters. The minimum atomic E-state index is 0.502. The first-order chi connectivity index (χ1) is 9.78. The fraction of sp³-hybridized carbons (Fsp3) is 0.667. The molecule has 20 heavy (non-hydrogen) atoms. The molecule has 0 saturated carbocycles. The number of rotatable bonds is 7. The van der Waals surface area contributed by atoms with E-state index >= 15 is 0 Å². The third-order valence-electron chi connectivity index (χ3n) is 4.17. The van der Waals surface area contributed by atoms with Crippen molar-refractivity contribution in [2.24, 2.45) is 0 Å². The van der Waals surface area contributed by atoms with E-state index in [9.17, 15) is 0 Å². The molecule has 1 aromatic carbocycles. The van der Waals surface area contributed by atoms with Gasteiger partial charge in [-0.05, 0) is 57.6 Å². The SMILES string of the molecule is CCNC(CCC1CCCCO1)Cc1cccc(C)c1. The summed E-state index contributed by atoms with van der Waals surface area (Å²) in [6.07, 6.45) is 7.88. The van der Waals surface area contributed by atoms with Crippen molar-refractivity contribution in [2.75, 3.05) is 13.2 Å². The van der Waals surface area contributed by atoms with Crippen molar-refractivity contribution in [3.05, 3.63) is 35.4 Å². The van der Waals surface area contributed by atoms with Crippen molar-refractivity contribution in [3.63, 3.8) is 0 Å². The van der Waals surface area contributed by atoms with Gasteiger partial charge in [-0.3, -0.25) is 0 Å². The second-order valence-electron chi connectivity index (χ2n) is 6.01. The van der Waals surface area contributed by atoms with Gasteiger partial charge < -0.3 is 10.1 Å². The predicted molar refractivity (Wildman–Crippen MR) is 85.2 cm³/mol. The molecule has 1 heterocycles. The van der Waals surface area contributed by atoms with Gasteiger partial charge in [0.2, 0.25) is 0 Å². The van der Waals surface area contributed by atoms with Crippen LogP contribution < -0.4 is 5.32 Å². The fourth-order valence-corrected chi connectivity index (χ4v) is 3.11. The van der Waals surface area contributed by atoms with Gasteiger partial charge in [0.05, 0.1) is 6.10 Å². The van der Waals surface area contributed by atoms with E-state index in [0.29, 0.717) is 12.1 Å². The quantitative estimate of drug-likeness (QED) is 0.815. The Morgan fingerprint density at radius 3 is 2.95 bits per heavy atom. The van der Waals surface area contributed by atoms with E-state index < -0.39 is 0 Å². The second kappa shape index (κ2) is 8.43. The summed E-state index contributed by atoms with van der Waals surface area (Å²) in [5, 5.41) is 3.63. The molecule has 1 N–H and O–H groups in total. The summed E-state index contributed by atoms with van der Waals surface area (Å²) in [6.45, 7) is 6.37. The van der Waals surface area contributed by atoms with Gasteiger partial charge in [-0.1, -0.05) is 36.8 Å². The van der Waals surface area contributed by atoms with Crippen molar-refractivity contribution in [1.82, 2.24) is 5.32 Å². The first-order valence-corrected chi connectivity index (χ1v) is 8.18. The maximum atomic E-state index is 5.85. The lowest BCUT2D eigenvalue weighted by Crippen LogP contribution is -2.32. The van der Waals surface area contributed by atoms with Crippen LogP contribution in [0.25, 0.3) is 0 Å². The van der Waals surface area contributed by atoms with Crippen LogP contribution in [0.2, 0.25) is 0 Å². The van der Waals surface area contributed by atoms with Gasteiger partial charge in [-0.25, -0.2) is 0 Å². The molecule has 0 bridgehead atoms. The van der Waals surface area contributed by atoms with E-state index in [0.717, 1.165) is 19.6 Å². The first kappa shape index (κ1) is 15.5. The second-order valence-corrected chi connectivity index (χ2v) is 6.01. The van der Waals surface area contributed by atoms with E-state index in [1.54, 1.807) is 0 Å². The molecule has 112 valence electrons. The average Bonchev–Trinajstić information content (AvgIpc) is 2.46. The van der Waals surface area contributed by atoms with Gasteiger partial charge in [-0.15, -0.1) is 0 Å². The summed E-state index contributed by atoms with van der Waals surface area (Å²) in [7, 11) is 0. The molecule has 0 radical (unpaired) electrons. The van der Waals surface area contributed by atoms with E-state index in [2.05, 4.69) is 43.4 Å². The zero-order valence-electron chi connectivity index (χ0n) is 13.0. The van der Waals surface area contributed by atoms with Crippen LogP contribution in [0.5, 0.6) is 0 Å². The highest BCUT2D eigenvalue weighted by Gasteiger charge is 2.16. The van der Waals surface area contributed by atoms with Gasteiger partial charge in [0.25, 0.3) is 0 Å². The van der Waals surface area contributed by atoms with Crippen molar-refractivity contribution < 1.29 is 4.74 Å². The molecule has 1 aromatic rings. The molecule has 1 saturated heterocycles. The Balaban J connectivity index is 1.82. The average molecular weight is 275 g/mol. The Hall–Kier alpha value is -0.860. The number of benzene rings is 1. The number of likely N-dealkylation sites (N-methyl/N-ethyl adjacent to an activating group) is 1. The number of ether oxygens (including phenoxy) is 1. The zero-order chi connectivity index (χ0) is 14.2. The van der Waals surface area contributed by atoms with Gasteiger partial charge in [0.1, 0.15) is 0 Å². The maximum absolute atomic E-state index is 5.85. The summed E-state index contributed by atoms with van der Waals surface area (Å²) < 4.78 is 5.85. The molecule has 0 aromatic heterocycles. The highest BCUT2D eigenvalue weighted by atomic mass is 16.5. The monoisotopic (exact) mass is 275 g/mol. The van der Waals surface area contributed by atoms with Crippen molar-refractivity contribution in [2.45, 2.75) is 64.5 Å². The Labute approximate surface area is 123 Å². The summed E-state index contributed by atoms with van der Waals surface area (Å²) in [5.74, 6) is 0. The lowest BCUT2D eigenvalue weighted by atomic mass is 9.97. The lowest BCUT2D eigenvalue weighted by Gasteiger charge is -2.25. The van der Waals surface area contributed by atoms with Crippen LogP contribution in [-0.4, -0.2) is 25.3 Å². The third kappa shape index (κ3) is 5.26. The van der Waals surface area contributed by atoms with Gasteiger partial charge in [0.15, 0.2) is 0 Å². The summed E-state index contributed by atoms with van der Waals surface area (Å²) >= 11 is 0. The molecule has 1 aliphatic rings. The predicted octanol–water partition coefficient (Wildman–Crippen LogP) is 3.86. The summed E-state index contributed by atoms with van der Waals surface area (Å²) in [6, 6.07) is 9.46. The number of nitrogens with one attached hydrogen (secondary N) is 1. The zero-order valence-corrected chi connectivity index (χ0v) is 13.0. The third-order valence-corrected chi connectivity index (χ3v) is 4.17. The molecule has 0 aliphatic carbocycles. The molecule has 2 heteroatoms. The minimum absolute atomic E-state index is 0.502. The Morgan fingerprint density at radius 2 is 2.25 bits per heavy atom. The van der Waals surface area contributed by atoms with Gasteiger partial charge in [-0.2, -0.15) is 0 Å². The molecule has 2 unspecified atom stereocenters. The largest absolute Gasteiger partial charge is 0.378 e. The topological polar surface area (TPSA) is 21.3 Å². The molecule has 2 nitrogen and oxygen atoms in total. The highest BCUT2D eigenvalue weighted by molar-refractivity contribution is 5.23. The van der Waals surface area contributed by atoms with Crippen LogP contribution in [0.15, 0.2) is 24.3 Å². The van der Waals surface area contributed by atoms with Crippen LogP contribution >= 0.6 is 0 Å². The Kier molecular flexibility index (Phi) is 6.55. The van der Waals surface area contributed by atoms with Crippen LogP contribution in [0.3, 0.4) is 0 Å². The fourth-order valence-electron chi connectivity index (χ4n) is 3.11. The molecule has 0 amide bonds. The van der Waals surface area contributed by atoms with Crippen LogP contribution in [0.4, 0.5) is 0 Å². The van der Waals surface area contributed by atoms with Crippen LogP contribution in [-0.2, 0) is 11.2 Å². The summed E-state index contributed by atoms with van der Waals surface area (Å²) in [4.78, 5) is 0. The molecule has 1 aliphatic heterocycles.